The van der Waals surface area contributed by atoms with Gasteiger partial charge in [-0.2, -0.15) is 0 Å². The highest BCUT2D eigenvalue weighted by Gasteiger charge is 2.27. The number of hydrogen-bond donors (Lipinski definition) is 2. The Balaban J connectivity index is 0.00000220. The van der Waals surface area contributed by atoms with Crippen molar-refractivity contribution in [2.24, 2.45) is 0 Å². The van der Waals surface area contributed by atoms with Crippen LogP contribution in [-0.2, 0) is 10.0 Å². The highest BCUT2D eigenvalue weighted by molar-refractivity contribution is 7.89. The highest BCUT2D eigenvalue weighted by atomic mass is 35.5. The third kappa shape index (κ3) is 4.17. The van der Waals surface area contributed by atoms with Gasteiger partial charge in [-0.05, 0) is 27.0 Å². The SMILES string of the molecule is CNS(=O)(=O)c1csc(C(=O)N2CC(C)NC(C)C2)c1.Cl. The first-order valence-electron chi connectivity index (χ1n) is 6.41. The lowest BCUT2D eigenvalue weighted by atomic mass is 10.1. The molecule has 0 radical (unpaired) electrons. The van der Waals surface area contributed by atoms with Crippen molar-refractivity contribution in [2.45, 2.75) is 30.8 Å². The molecule has 120 valence electrons. The predicted molar refractivity (Wildman–Crippen MR) is 85.8 cm³/mol. The molecule has 0 saturated carbocycles. The second-order valence-electron chi connectivity index (χ2n) is 5.03. The van der Waals surface area contributed by atoms with E-state index in [1.807, 2.05) is 13.8 Å². The molecule has 1 aromatic rings. The van der Waals surface area contributed by atoms with Crippen molar-refractivity contribution in [1.29, 1.82) is 0 Å². The minimum Gasteiger partial charge on any atom is -0.335 e. The number of halogens is 1. The lowest BCUT2D eigenvalue weighted by molar-refractivity contribution is 0.0678. The van der Waals surface area contributed by atoms with Crippen LogP contribution in [0.15, 0.2) is 16.3 Å². The Labute approximate surface area is 135 Å². The molecular formula is C12H20ClN3O3S2. The molecule has 0 aliphatic carbocycles. The predicted octanol–water partition coefficient (Wildman–Crippen LogP) is 0.900. The second kappa shape index (κ2) is 7.06. The van der Waals surface area contributed by atoms with Crippen LogP contribution in [-0.4, -0.2) is 51.4 Å². The maximum atomic E-state index is 12.4. The monoisotopic (exact) mass is 353 g/mol. The molecule has 1 saturated heterocycles. The fourth-order valence-corrected chi connectivity index (χ4v) is 4.31. The zero-order valence-electron chi connectivity index (χ0n) is 12.1. The van der Waals surface area contributed by atoms with E-state index in [4.69, 9.17) is 0 Å². The Morgan fingerprint density at radius 1 is 1.38 bits per heavy atom. The summed E-state index contributed by atoms with van der Waals surface area (Å²) in [6, 6.07) is 1.92. The molecule has 6 nitrogen and oxygen atoms in total. The average Bonchev–Trinajstić information content (AvgIpc) is 2.87. The van der Waals surface area contributed by atoms with Crippen molar-refractivity contribution in [3.05, 3.63) is 16.3 Å². The van der Waals surface area contributed by atoms with Crippen molar-refractivity contribution in [3.8, 4) is 0 Å². The Bertz CT molecular complexity index is 593. The topological polar surface area (TPSA) is 78.5 Å². The third-order valence-electron chi connectivity index (χ3n) is 3.21. The maximum Gasteiger partial charge on any atom is 0.264 e. The summed E-state index contributed by atoms with van der Waals surface area (Å²) in [4.78, 5) is 14.8. The van der Waals surface area contributed by atoms with E-state index in [2.05, 4.69) is 10.0 Å². The number of amides is 1. The van der Waals surface area contributed by atoms with E-state index in [0.717, 1.165) is 0 Å². The molecule has 1 aliphatic rings. The van der Waals surface area contributed by atoms with Crippen LogP contribution in [0.1, 0.15) is 23.5 Å². The van der Waals surface area contributed by atoms with Gasteiger partial charge in [-0.1, -0.05) is 0 Å². The van der Waals surface area contributed by atoms with Crippen molar-refractivity contribution in [1.82, 2.24) is 14.9 Å². The number of hydrogen-bond acceptors (Lipinski definition) is 5. The van der Waals surface area contributed by atoms with Crippen molar-refractivity contribution in [2.75, 3.05) is 20.1 Å². The Morgan fingerprint density at radius 3 is 2.48 bits per heavy atom. The number of sulfonamides is 1. The van der Waals surface area contributed by atoms with Crippen molar-refractivity contribution in [3.63, 3.8) is 0 Å². The van der Waals surface area contributed by atoms with Crippen molar-refractivity contribution < 1.29 is 13.2 Å². The Kier molecular flexibility index (Phi) is 6.18. The van der Waals surface area contributed by atoms with E-state index in [1.165, 1.54) is 29.8 Å². The molecule has 1 aromatic heterocycles. The molecule has 9 heteroatoms. The minimum absolute atomic E-state index is 0. The first-order valence-corrected chi connectivity index (χ1v) is 8.77. The van der Waals surface area contributed by atoms with Crippen LogP contribution < -0.4 is 10.0 Å². The number of thiophene rings is 1. The molecule has 21 heavy (non-hydrogen) atoms. The van der Waals surface area contributed by atoms with Crippen molar-refractivity contribution >= 4 is 39.7 Å². The van der Waals surface area contributed by atoms with Crippen LogP contribution in [0, 0.1) is 0 Å². The minimum atomic E-state index is -3.49. The number of nitrogens with one attached hydrogen (secondary N) is 2. The first-order chi connectivity index (χ1) is 9.33. The molecule has 2 unspecified atom stereocenters. The van der Waals surface area contributed by atoms with Gasteiger partial charge < -0.3 is 10.2 Å². The smallest absolute Gasteiger partial charge is 0.264 e. The molecule has 2 rings (SSSR count). The molecule has 0 bridgehead atoms. The third-order valence-corrected chi connectivity index (χ3v) is 5.67. The number of carbonyl (C=O) groups excluding carboxylic acids is 1. The van der Waals surface area contributed by atoms with Gasteiger partial charge in [0.2, 0.25) is 10.0 Å². The van der Waals surface area contributed by atoms with Crippen LogP contribution in [0.25, 0.3) is 0 Å². The van der Waals surface area contributed by atoms with Gasteiger partial charge in [0.1, 0.15) is 0 Å². The van der Waals surface area contributed by atoms with E-state index in [1.54, 1.807) is 4.90 Å². The maximum absolute atomic E-state index is 12.4. The quantitative estimate of drug-likeness (QED) is 0.846. The molecule has 0 spiro atoms. The lowest BCUT2D eigenvalue weighted by Crippen LogP contribution is -2.55. The molecule has 0 aromatic carbocycles. The van der Waals surface area contributed by atoms with Crippen LogP contribution in [0.3, 0.4) is 0 Å². The second-order valence-corrected chi connectivity index (χ2v) is 7.83. The standard InChI is InChI=1S/C12H19N3O3S2.ClH/c1-8-5-15(6-9(2)14-8)12(16)11-4-10(7-19-11)20(17,18)13-3;/h4,7-9,13-14H,5-6H2,1-3H3;1H. The molecule has 1 amide bonds. The summed E-state index contributed by atoms with van der Waals surface area (Å²) >= 11 is 1.17. The van der Waals surface area contributed by atoms with Gasteiger partial charge in [0.15, 0.2) is 0 Å². The van der Waals surface area contributed by atoms with E-state index in [0.29, 0.717) is 18.0 Å². The fourth-order valence-electron chi connectivity index (χ4n) is 2.34. The summed E-state index contributed by atoms with van der Waals surface area (Å²) in [5.74, 6) is -0.104. The van der Waals surface area contributed by atoms with Gasteiger partial charge in [-0.25, -0.2) is 13.1 Å². The number of rotatable bonds is 3. The van der Waals surface area contributed by atoms with E-state index in [9.17, 15) is 13.2 Å². The van der Waals surface area contributed by atoms with Gasteiger partial charge in [-0.15, -0.1) is 23.7 Å². The van der Waals surface area contributed by atoms with Crippen LogP contribution in [0.2, 0.25) is 0 Å². The van der Waals surface area contributed by atoms with Gasteiger partial charge >= 0.3 is 0 Å². The van der Waals surface area contributed by atoms with E-state index < -0.39 is 10.0 Å². The number of piperazine rings is 1. The molecule has 2 heterocycles. The normalized spacial score (nSPS) is 22.7. The molecule has 2 atom stereocenters. The molecular weight excluding hydrogens is 334 g/mol. The Hall–Kier alpha value is -0.670. The molecule has 1 aliphatic heterocycles. The summed E-state index contributed by atoms with van der Waals surface area (Å²) in [6.07, 6.45) is 0. The summed E-state index contributed by atoms with van der Waals surface area (Å²) in [7, 11) is -2.13. The summed E-state index contributed by atoms with van der Waals surface area (Å²) in [6.45, 7) is 5.33. The largest absolute Gasteiger partial charge is 0.335 e. The van der Waals surface area contributed by atoms with Crippen LogP contribution >= 0.6 is 23.7 Å². The first kappa shape index (κ1) is 18.4. The van der Waals surface area contributed by atoms with Crippen LogP contribution in [0.5, 0.6) is 0 Å². The molecule has 1 fully saturated rings. The number of carbonyl (C=O) groups is 1. The van der Waals surface area contributed by atoms with Gasteiger partial charge in [-0.3, -0.25) is 4.79 Å². The van der Waals surface area contributed by atoms with E-state index in [-0.39, 0.29) is 35.3 Å². The van der Waals surface area contributed by atoms with Gasteiger partial charge in [0.25, 0.3) is 5.91 Å². The highest BCUT2D eigenvalue weighted by Crippen LogP contribution is 2.21. The summed E-state index contributed by atoms with van der Waals surface area (Å²) < 4.78 is 25.6. The summed E-state index contributed by atoms with van der Waals surface area (Å²) in [5.41, 5.74) is 0. The lowest BCUT2D eigenvalue weighted by Gasteiger charge is -2.35. The molecule has 2 N–H and O–H groups in total. The summed E-state index contributed by atoms with van der Waals surface area (Å²) in [5, 5.41) is 4.85. The van der Waals surface area contributed by atoms with Gasteiger partial charge in [0, 0.05) is 30.6 Å². The Morgan fingerprint density at radius 2 is 1.95 bits per heavy atom. The number of nitrogens with zero attached hydrogens (tertiary/aromatic N) is 1. The zero-order chi connectivity index (χ0) is 14.9. The van der Waals surface area contributed by atoms with Crippen LogP contribution in [0.4, 0.5) is 0 Å². The fraction of sp³-hybridized carbons (Fsp3) is 0.583. The zero-order valence-corrected chi connectivity index (χ0v) is 14.6. The van der Waals surface area contributed by atoms with E-state index >= 15 is 0 Å². The average molecular weight is 354 g/mol. The van der Waals surface area contributed by atoms with Gasteiger partial charge in [0.05, 0.1) is 9.77 Å².